The summed E-state index contributed by atoms with van der Waals surface area (Å²) < 4.78 is 28.8. The van der Waals surface area contributed by atoms with E-state index in [1.54, 1.807) is 0 Å². The van der Waals surface area contributed by atoms with E-state index in [0.717, 1.165) is 24.7 Å². The Bertz CT molecular complexity index is 662. The zero-order valence-electron chi connectivity index (χ0n) is 12.2. The van der Waals surface area contributed by atoms with Crippen LogP contribution in [0.2, 0.25) is 0 Å². The molecule has 2 aromatic rings. The van der Waals surface area contributed by atoms with E-state index in [9.17, 15) is 8.78 Å². The summed E-state index contributed by atoms with van der Waals surface area (Å²) in [5.41, 5.74) is 6.62. The van der Waals surface area contributed by atoms with Crippen molar-refractivity contribution in [3.63, 3.8) is 0 Å². The smallest absolute Gasteiger partial charge is 0.161 e. The fourth-order valence-corrected chi connectivity index (χ4v) is 2.65. The molecule has 21 heavy (non-hydrogen) atoms. The summed E-state index contributed by atoms with van der Waals surface area (Å²) in [4.78, 5) is 4.90. The average Bonchev–Trinajstić information content (AvgIpc) is 2.76. The van der Waals surface area contributed by atoms with Crippen LogP contribution in [0.4, 0.5) is 8.78 Å². The molecule has 0 saturated carbocycles. The Morgan fingerprint density at radius 2 is 1.90 bits per heavy atom. The first kappa shape index (κ1) is 15.8. The fraction of sp³-hybridized carbons (Fsp3) is 0.467. The molecule has 2 N–H and O–H groups in total. The zero-order valence-corrected chi connectivity index (χ0v) is 13.0. The first-order valence-corrected chi connectivity index (χ1v) is 7.52. The van der Waals surface area contributed by atoms with E-state index < -0.39 is 11.6 Å². The Labute approximate surface area is 128 Å². The van der Waals surface area contributed by atoms with Crippen LogP contribution in [0, 0.1) is 11.6 Å². The lowest BCUT2D eigenvalue weighted by atomic mass is 10.0. The van der Waals surface area contributed by atoms with Gasteiger partial charge in [-0.25, -0.2) is 13.8 Å². The lowest BCUT2D eigenvalue weighted by Crippen LogP contribution is -2.15. The lowest BCUT2D eigenvalue weighted by Gasteiger charge is -2.15. The molecule has 3 nitrogen and oxygen atoms in total. The molecule has 0 unspecified atom stereocenters. The van der Waals surface area contributed by atoms with Crippen LogP contribution >= 0.6 is 12.2 Å². The van der Waals surface area contributed by atoms with Crippen molar-refractivity contribution >= 4 is 28.2 Å². The normalized spacial score (nSPS) is 11.5. The van der Waals surface area contributed by atoms with Crippen molar-refractivity contribution in [2.45, 2.75) is 45.6 Å². The van der Waals surface area contributed by atoms with Crippen LogP contribution in [0.5, 0.6) is 0 Å². The van der Waals surface area contributed by atoms with Gasteiger partial charge in [0.15, 0.2) is 11.6 Å². The van der Waals surface area contributed by atoms with E-state index >= 15 is 0 Å². The molecule has 0 fully saturated rings. The standard InChI is InChI=1S/C15H19F2N3S/c1-3-9(4-2)15-19-12-7-10(16)11(17)8-13(12)20(15)6-5-14(18)21/h7-9H,3-6H2,1-2H3,(H2,18,21). The highest BCUT2D eigenvalue weighted by atomic mass is 32.1. The van der Waals surface area contributed by atoms with E-state index in [2.05, 4.69) is 18.8 Å². The predicted octanol–water partition coefficient (Wildman–Crippen LogP) is 3.89. The minimum atomic E-state index is -0.877. The number of hydrogen-bond acceptors (Lipinski definition) is 2. The molecule has 1 aromatic heterocycles. The number of thiocarbonyl (C=S) groups is 1. The molecular formula is C15H19F2N3S. The van der Waals surface area contributed by atoms with Gasteiger partial charge in [0, 0.05) is 31.0 Å². The molecule has 114 valence electrons. The summed E-state index contributed by atoms with van der Waals surface area (Å²) in [5.74, 6) is -0.654. The molecule has 0 spiro atoms. The zero-order chi connectivity index (χ0) is 15.6. The van der Waals surface area contributed by atoms with Gasteiger partial charge in [-0.3, -0.25) is 0 Å². The summed E-state index contributed by atoms with van der Waals surface area (Å²) >= 11 is 4.91. The number of nitrogens with zero attached hydrogens (tertiary/aromatic N) is 2. The van der Waals surface area contributed by atoms with Crippen molar-refractivity contribution in [2.75, 3.05) is 0 Å². The molecule has 0 saturated heterocycles. The quantitative estimate of drug-likeness (QED) is 0.823. The molecule has 6 heteroatoms. The third-order valence-corrected chi connectivity index (χ3v) is 3.96. The van der Waals surface area contributed by atoms with Crippen molar-refractivity contribution in [3.8, 4) is 0 Å². The Morgan fingerprint density at radius 3 is 2.48 bits per heavy atom. The van der Waals surface area contributed by atoms with Gasteiger partial charge in [-0.2, -0.15) is 0 Å². The first-order valence-electron chi connectivity index (χ1n) is 7.11. The third-order valence-electron chi connectivity index (χ3n) is 3.75. The summed E-state index contributed by atoms with van der Waals surface area (Å²) in [7, 11) is 0. The first-order chi connectivity index (χ1) is 9.97. The molecule has 0 aliphatic heterocycles. The SMILES string of the molecule is CCC(CC)c1nc2cc(F)c(F)cc2n1CCC(N)=S. The number of nitrogens with two attached hydrogens (primary N) is 1. The molecule has 0 amide bonds. The Kier molecular flexibility index (Phi) is 4.88. The number of rotatable bonds is 6. The number of aryl methyl sites for hydroxylation is 1. The largest absolute Gasteiger partial charge is 0.393 e. The van der Waals surface area contributed by atoms with Gasteiger partial charge in [0.25, 0.3) is 0 Å². The summed E-state index contributed by atoms with van der Waals surface area (Å²) in [6.07, 6.45) is 2.34. The van der Waals surface area contributed by atoms with Gasteiger partial charge in [0.2, 0.25) is 0 Å². The van der Waals surface area contributed by atoms with Gasteiger partial charge in [0.1, 0.15) is 5.82 Å². The van der Waals surface area contributed by atoms with Crippen LogP contribution < -0.4 is 5.73 Å². The van der Waals surface area contributed by atoms with Crippen LogP contribution in [0.25, 0.3) is 11.0 Å². The number of hydrogen-bond donors (Lipinski definition) is 1. The van der Waals surface area contributed by atoms with Gasteiger partial charge in [-0.05, 0) is 12.8 Å². The Balaban J connectivity index is 2.59. The molecule has 0 aliphatic rings. The third kappa shape index (κ3) is 3.20. The molecule has 1 aromatic carbocycles. The van der Waals surface area contributed by atoms with Crippen LogP contribution in [0.3, 0.4) is 0 Å². The Morgan fingerprint density at radius 1 is 1.29 bits per heavy atom. The van der Waals surface area contributed by atoms with Crippen molar-refractivity contribution < 1.29 is 8.78 Å². The second kappa shape index (κ2) is 6.47. The van der Waals surface area contributed by atoms with E-state index in [4.69, 9.17) is 18.0 Å². The summed E-state index contributed by atoms with van der Waals surface area (Å²) in [6, 6.07) is 2.34. The van der Waals surface area contributed by atoms with Crippen molar-refractivity contribution in [2.24, 2.45) is 5.73 Å². The molecule has 0 atom stereocenters. The van der Waals surface area contributed by atoms with Crippen LogP contribution in [-0.2, 0) is 6.54 Å². The molecule has 1 heterocycles. The molecule has 0 bridgehead atoms. The fourth-order valence-electron chi connectivity index (χ4n) is 2.56. The maximum Gasteiger partial charge on any atom is 0.161 e. The summed E-state index contributed by atoms with van der Waals surface area (Å²) in [6.45, 7) is 4.68. The highest BCUT2D eigenvalue weighted by Crippen LogP contribution is 2.28. The number of aromatic nitrogens is 2. The van der Waals surface area contributed by atoms with Gasteiger partial charge in [0.05, 0.1) is 16.0 Å². The maximum atomic E-state index is 13.5. The minimum Gasteiger partial charge on any atom is -0.393 e. The van der Waals surface area contributed by atoms with Crippen molar-refractivity contribution in [1.29, 1.82) is 0 Å². The number of fused-ring (bicyclic) bond motifs is 1. The topological polar surface area (TPSA) is 43.8 Å². The highest BCUT2D eigenvalue weighted by Gasteiger charge is 2.19. The second-order valence-electron chi connectivity index (χ2n) is 5.11. The van der Waals surface area contributed by atoms with E-state index in [-0.39, 0.29) is 5.92 Å². The highest BCUT2D eigenvalue weighted by molar-refractivity contribution is 7.80. The molecular weight excluding hydrogens is 292 g/mol. The monoisotopic (exact) mass is 311 g/mol. The van der Waals surface area contributed by atoms with Crippen LogP contribution in [0.1, 0.15) is 44.9 Å². The summed E-state index contributed by atoms with van der Waals surface area (Å²) in [5, 5.41) is 0. The Hall–Kier alpha value is -1.56. The van der Waals surface area contributed by atoms with Crippen LogP contribution in [0.15, 0.2) is 12.1 Å². The molecule has 0 aliphatic carbocycles. The average molecular weight is 311 g/mol. The minimum absolute atomic E-state index is 0.245. The molecule has 0 radical (unpaired) electrons. The van der Waals surface area contributed by atoms with Gasteiger partial charge in [-0.1, -0.05) is 26.1 Å². The van der Waals surface area contributed by atoms with Crippen molar-refractivity contribution in [3.05, 3.63) is 29.6 Å². The van der Waals surface area contributed by atoms with Gasteiger partial charge < -0.3 is 10.3 Å². The number of halogens is 2. The predicted molar refractivity (Wildman–Crippen MR) is 84.4 cm³/mol. The van der Waals surface area contributed by atoms with E-state index in [1.165, 1.54) is 6.07 Å². The number of imidazole rings is 1. The number of benzene rings is 1. The van der Waals surface area contributed by atoms with E-state index in [1.807, 2.05) is 4.57 Å². The lowest BCUT2D eigenvalue weighted by molar-refractivity contribution is 0.510. The van der Waals surface area contributed by atoms with Crippen LogP contribution in [-0.4, -0.2) is 14.5 Å². The second-order valence-corrected chi connectivity index (χ2v) is 5.63. The maximum absolute atomic E-state index is 13.5. The van der Waals surface area contributed by atoms with Gasteiger partial charge >= 0.3 is 0 Å². The van der Waals surface area contributed by atoms with Gasteiger partial charge in [-0.15, -0.1) is 0 Å². The van der Waals surface area contributed by atoms with Crippen molar-refractivity contribution in [1.82, 2.24) is 9.55 Å². The van der Waals surface area contributed by atoms with E-state index in [0.29, 0.717) is 29.0 Å². The molecule has 2 rings (SSSR count).